The largest absolute Gasteiger partial charge is 0.475 e. The predicted molar refractivity (Wildman–Crippen MR) is 56.7 cm³/mol. The van der Waals surface area contributed by atoms with E-state index in [-0.39, 0.29) is 0 Å². The van der Waals surface area contributed by atoms with E-state index in [0.717, 1.165) is 5.56 Å². The monoisotopic (exact) mass is 213 g/mol. The molecule has 0 aliphatic rings. The molecule has 76 valence electrons. The zero-order valence-corrected chi connectivity index (χ0v) is 8.75. The van der Waals surface area contributed by atoms with Crippen molar-refractivity contribution in [2.24, 2.45) is 0 Å². The van der Waals surface area contributed by atoms with Crippen molar-refractivity contribution in [3.63, 3.8) is 0 Å². The lowest BCUT2D eigenvalue weighted by atomic mass is 10.3. The van der Waals surface area contributed by atoms with Crippen molar-refractivity contribution < 1.29 is 9.47 Å². The SMILES string of the molecule is C=Cc1cc(Cl)cnc1OCCOC. The van der Waals surface area contributed by atoms with Gasteiger partial charge in [-0.05, 0) is 6.07 Å². The number of hydrogen-bond donors (Lipinski definition) is 0. The summed E-state index contributed by atoms with van der Waals surface area (Å²) in [6.45, 7) is 4.64. The maximum Gasteiger partial charge on any atom is 0.220 e. The van der Waals surface area contributed by atoms with Gasteiger partial charge in [-0.25, -0.2) is 4.98 Å². The van der Waals surface area contributed by atoms with Crippen LogP contribution in [-0.2, 0) is 4.74 Å². The molecule has 1 aromatic heterocycles. The van der Waals surface area contributed by atoms with Crippen LogP contribution in [0.15, 0.2) is 18.8 Å². The van der Waals surface area contributed by atoms with E-state index in [0.29, 0.717) is 24.1 Å². The van der Waals surface area contributed by atoms with Gasteiger partial charge in [0, 0.05) is 18.9 Å². The van der Waals surface area contributed by atoms with E-state index in [4.69, 9.17) is 21.1 Å². The first kappa shape index (κ1) is 11.0. The Kier molecular flexibility index (Phi) is 4.43. The Balaban J connectivity index is 2.70. The molecule has 1 aromatic rings. The number of rotatable bonds is 5. The van der Waals surface area contributed by atoms with Gasteiger partial charge in [0.05, 0.1) is 11.6 Å². The second-order valence-corrected chi connectivity index (χ2v) is 3.03. The lowest BCUT2D eigenvalue weighted by Gasteiger charge is -2.07. The summed E-state index contributed by atoms with van der Waals surface area (Å²) < 4.78 is 10.2. The van der Waals surface area contributed by atoms with E-state index < -0.39 is 0 Å². The first-order valence-electron chi connectivity index (χ1n) is 4.17. The van der Waals surface area contributed by atoms with Crippen molar-refractivity contribution in [1.29, 1.82) is 0 Å². The maximum absolute atomic E-state index is 5.77. The van der Waals surface area contributed by atoms with Crippen molar-refractivity contribution >= 4 is 17.7 Å². The van der Waals surface area contributed by atoms with E-state index in [1.54, 1.807) is 19.3 Å². The lowest BCUT2D eigenvalue weighted by Crippen LogP contribution is -2.06. The molecule has 0 spiro atoms. The average Bonchev–Trinajstić information content (AvgIpc) is 2.20. The van der Waals surface area contributed by atoms with Gasteiger partial charge >= 0.3 is 0 Å². The maximum atomic E-state index is 5.77. The minimum Gasteiger partial charge on any atom is -0.475 e. The van der Waals surface area contributed by atoms with Crippen LogP contribution in [0.4, 0.5) is 0 Å². The molecule has 0 aliphatic heterocycles. The molecule has 3 nitrogen and oxygen atoms in total. The number of methoxy groups -OCH3 is 1. The highest BCUT2D eigenvalue weighted by atomic mass is 35.5. The molecule has 1 heterocycles. The van der Waals surface area contributed by atoms with Crippen LogP contribution in [0.2, 0.25) is 5.02 Å². The van der Waals surface area contributed by atoms with Gasteiger partial charge in [-0.2, -0.15) is 0 Å². The third-order valence-electron chi connectivity index (χ3n) is 1.59. The summed E-state index contributed by atoms with van der Waals surface area (Å²) in [4.78, 5) is 4.04. The minimum atomic E-state index is 0.464. The molecule has 0 radical (unpaired) electrons. The quantitative estimate of drug-likeness (QED) is 0.704. The van der Waals surface area contributed by atoms with Crippen LogP contribution in [-0.4, -0.2) is 25.3 Å². The second-order valence-electron chi connectivity index (χ2n) is 2.59. The molecular formula is C10H12ClNO2. The van der Waals surface area contributed by atoms with Crippen LogP contribution >= 0.6 is 11.6 Å². The Hall–Kier alpha value is -1.06. The molecule has 0 aliphatic carbocycles. The molecule has 0 amide bonds. The minimum absolute atomic E-state index is 0.464. The number of aromatic nitrogens is 1. The summed E-state index contributed by atoms with van der Waals surface area (Å²) in [6, 6.07) is 1.75. The van der Waals surface area contributed by atoms with Gasteiger partial charge in [0.1, 0.15) is 6.61 Å². The van der Waals surface area contributed by atoms with Crippen molar-refractivity contribution in [1.82, 2.24) is 4.98 Å². The molecule has 0 unspecified atom stereocenters. The van der Waals surface area contributed by atoms with Crippen LogP contribution in [0.5, 0.6) is 5.88 Å². The first-order chi connectivity index (χ1) is 6.77. The third-order valence-corrected chi connectivity index (χ3v) is 1.80. The van der Waals surface area contributed by atoms with E-state index >= 15 is 0 Å². The molecule has 0 aromatic carbocycles. The van der Waals surface area contributed by atoms with Crippen molar-refractivity contribution in [3.05, 3.63) is 29.4 Å². The van der Waals surface area contributed by atoms with Gasteiger partial charge < -0.3 is 9.47 Å². The fourth-order valence-corrected chi connectivity index (χ4v) is 1.10. The molecule has 4 heteroatoms. The van der Waals surface area contributed by atoms with E-state index in [1.165, 1.54) is 6.20 Å². The summed E-state index contributed by atoms with van der Waals surface area (Å²) in [5.41, 5.74) is 0.786. The predicted octanol–water partition coefficient (Wildman–Crippen LogP) is 2.40. The van der Waals surface area contributed by atoms with E-state index in [2.05, 4.69) is 11.6 Å². The van der Waals surface area contributed by atoms with Crippen LogP contribution in [0.1, 0.15) is 5.56 Å². The Bertz CT molecular complexity index is 315. The molecule has 0 saturated carbocycles. The molecule has 1 rings (SSSR count). The number of nitrogens with zero attached hydrogens (tertiary/aromatic N) is 1. The highest BCUT2D eigenvalue weighted by Gasteiger charge is 2.02. The van der Waals surface area contributed by atoms with Crippen LogP contribution in [0.25, 0.3) is 6.08 Å². The highest BCUT2D eigenvalue weighted by molar-refractivity contribution is 6.30. The summed E-state index contributed by atoms with van der Waals surface area (Å²) in [7, 11) is 1.62. The standard InChI is InChI=1S/C10H12ClNO2/c1-3-8-6-9(11)7-12-10(8)14-5-4-13-2/h3,6-7H,1,4-5H2,2H3. The Morgan fingerprint density at radius 2 is 2.36 bits per heavy atom. The average molecular weight is 214 g/mol. The summed E-state index contributed by atoms with van der Waals surface area (Å²) >= 11 is 5.77. The van der Waals surface area contributed by atoms with Crippen molar-refractivity contribution in [2.75, 3.05) is 20.3 Å². The second kappa shape index (κ2) is 5.62. The fourth-order valence-electron chi connectivity index (χ4n) is 0.931. The molecule has 0 atom stereocenters. The van der Waals surface area contributed by atoms with Gasteiger partial charge in [-0.3, -0.25) is 0 Å². The van der Waals surface area contributed by atoms with Crippen LogP contribution in [0, 0.1) is 0 Å². The Morgan fingerprint density at radius 3 is 3.00 bits per heavy atom. The Morgan fingerprint density at radius 1 is 1.57 bits per heavy atom. The topological polar surface area (TPSA) is 31.4 Å². The van der Waals surface area contributed by atoms with Gasteiger partial charge in [-0.1, -0.05) is 24.3 Å². The van der Waals surface area contributed by atoms with Crippen molar-refractivity contribution in [2.45, 2.75) is 0 Å². The molecule has 0 fully saturated rings. The van der Waals surface area contributed by atoms with Crippen LogP contribution < -0.4 is 4.74 Å². The van der Waals surface area contributed by atoms with Crippen molar-refractivity contribution in [3.8, 4) is 5.88 Å². The molecule has 0 saturated heterocycles. The van der Waals surface area contributed by atoms with Gasteiger partial charge in [0.25, 0.3) is 0 Å². The van der Waals surface area contributed by atoms with Crippen LogP contribution in [0.3, 0.4) is 0 Å². The molecular weight excluding hydrogens is 202 g/mol. The highest BCUT2D eigenvalue weighted by Crippen LogP contribution is 2.20. The van der Waals surface area contributed by atoms with Gasteiger partial charge in [-0.15, -0.1) is 0 Å². The van der Waals surface area contributed by atoms with E-state index in [9.17, 15) is 0 Å². The Labute approximate surface area is 88.3 Å². The van der Waals surface area contributed by atoms with Gasteiger partial charge in [0.2, 0.25) is 5.88 Å². The lowest BCUT2D eigenvalue weighted by molar-refractivity contribution is 0.143. The number of pyridine rings is 1. The fraction of sp³-hybridized carbons (Fsp3) is 0.300. The first-order valence-corrected chi connectivity index (χ1v) is 4.55. The molecule has 0 N–H and O–H groups in total. The summed E-state index contributed by atoms with van der Waals surface area (Å²) in [5.74, 6) is 0.529. The number of hydrogen-bond acceptors (Lipinski definition) is 3. The smallest absolute Gasteiger partial charge is 0.220 e. The van der Waals surface area contributed by atoms with Gasteiger partial charge in [0.15, 0.2) is 0 Å². The zero-order chi connectivity index (χ0) is 10.4. The van der Waals surface area contributed by atoms with E-state index in [1.807, 2.05) is 0 Å². The summed E-state index contributed by atoms with van der Waals surface area (Å²) in [5, 5.41) is 0.569. The third kappa shape index (κ3) is 3.01. The normalized spacial score (nSPS) is 9.86. The molecule has 14 heavy (non-hydrogen) atoms. The summed E-state index contributed by atoms with van der Waals surface area (Å²) in [6.07, 6.45) is 3.19. The zero-order valence-electron chi connectivity index (χ0n) is 8.00. The number of halogens is 1. The molecule has 0 bridgehead atoms. The number of ether oxygens (including phenoxy) is 2.